The topological polar surface area (TPSA) is 59.8 Å². The molecule has 0 aliphatic carbocycles. The van der Waals surface area contributed by atoms with Crippen molar-refractivity contribution in [1.82, 2.24) is 20.1 Å². The molecule has 1 aromatic heterocycles. The first-order valence-electron chi connectivity index (χ1n) is 8.15. The number of carbonyl (C=O) groups is 1. The van der Waals surface area contributed by atoms with Crippen molar-refractivity contribution in [3.8, 4) is 11.4 Å². The van der Waals surface area contributed by atoms with Crippen molar-refractivity contribution in [1.29, 1.82) is 0 Å². The van der Waals surface area contributed by atoms with E-state index in [9.17, 15) is 9.18 Å². The van der Waals surface area contributed by atoms with Crippen molar-refractivity contribution in [2.45, 2.75) is 38.5 Å². The van der Waals surface area contributed by atoms with Crippen LogP contribution >= 0.6 is 11.8 Å². The molecule has 1 unspecified atom stereocenters. The molecule has 1 amide bonds. The SMILES string of the molecule is C=CCn1c(SCC(=O)NC(C)C(C)C)nnc1-c1ccccc1F. The first kappa shape index (κ1) is 19.2. The van der Waals surface area contributed by atoms with Gasteiger partial charge in [-0.25, -0.2) is 4.39 Å². The maximum atomic E-state index is 14.1. The predicted octanol–water partition coefficient (Wildman–Crippen LogP) is 3.52. The van der Waals surface area contributed by atoms with Crippen molar-refractivity contribution in [3.05, 3.63) is 42.7 Å². The molecule has 5 nitrogen and oxygen atoms in total. The van der Waals surface area contributed by atoms with Gasteiger partial charge in [0.1, 0.15) is 5.82 Å². The number of allylic oxidation sites excluding steroid dienone is 1. The molecular weight excluding hydrogens is 339 g/mol. The van der Waals surface area contributed by atoms with Crippen molar-refractivity contribution in [2.75, 3.05) is 5.75 Å². The zero-order valence-corrected chi connectivity index (χ0v) is 15.5. The average Bonchev–Trinajstić information content (AvgIpc) is 2.96. The van der Waals surface area contributed by atoms with E-state index in [0.29, 0.717) is 29.0 Å². The Bertz CT molecular complexity index is 744. The largest absolute Gasteiger partial charge is 0.353 e. The van der Waals surface area contributed by atoms with Gasteiger partial charge in [0.05, 0.1) is 11.3 Å². The number of hydrogen-bond acceptors (Lipinski definition) is 4. The van der Waals surface area contributed by atoms with E-state index in [0.717, 1.165) is 0 Å². The first-order chi connectivity index (χ1) is 11.9. The molecule has 0 aliphatic rings. The van der Waals surface area contributed by atoms with Crippen LogP contribution in [0.15, 0.2) is 42.1 Å². The summed E-state index contributed by atoms with van der Waals surface area (Å²) in [6.07, 6.45) is 1.69. The number of halogens is 1. The van der Waals surface area contributed by atoms with E-state index in [4.69, 9.17) is 0 Å². The molecule has 25 heavy (non-hydrogen) atoms. The van der Waals surface area contributed by atoms with Gasteiger partial charge in [-0.1, -0.05) is 43.8 Å². The number of benzene rings is 1. The minimum atomic E-state index is -0.361. The van der Waals surface area contributed by atoms with Crippen LogP contribution in [0.2, 0.25) is 0 Å². The smallest absolute Gasteiger partial charge is 0.230 e. The van der Waals surface area contributed by atoms with E-state index >= 15 is 0 Å². The fraction of sp³-hybridized carbons (Fsp3) is 0.389. The summed E-state index contributed by atoms with van der Waals surface area (Å²) in [6.45, 7) is 10.2. The lowest BCUT2D eigenvalue weighted by Crippen LogP contribution is -2.37. The molecule has 2 rings (SSSR count). The summed E-state index contributed by atoms with van der Waals surface area (Å²) < 4.78 is 15.8. The van der Waals surface area contributed by atoms with Gasteiger partial charge >= 0.3 is 0 Å². The zero-order valence-electron chi connectivity index (χ0n) is 14.7. The Morgan fingerprint density at radius 2 is 2.08 bits per heavy atom. The van der Waals surface area contributed by atoms with E-state index in [1.807, 2.05) is 6.92 Å². The highest BCUT2D eigenvalue weighted by molar-refractivity contribution is 7.99. The monoisotopic (exact) mass is 362 g/mol. The van der Waals surface area contributed by atoms with Crippen LogP contribution in [0, 0.1) is 11.7 Å². The van der Waals surface area contributed by atoms with E-state index in [1.54, 1.807) is 28.8 Å². The fourth-order valence-electron chi connectivity index (χ4n) is 2.12. The number of aromatic nitrogens is 3. The standard InChI is InChI=1S/C18H23FN4OS/c1-5-10-23-17(14-8-6-7-9-15(14)19)21-22-18(23)25-11-16(24)20-13(4)12(2)3/h5-9,12-13H,1,10-11H2,2-4H3,(H,20,24). The number of carbonyl (C=O) groups excluding carboxylic acids is 1. The maximum Gasteiger partial charge on any atom is 0.230 e. The lowest BCUT2D eigenvalue weighted by atomic mass is 10.1. The summed E-state index contributed by atoms with van der Waals surface area (Å²) in [6, 6.07) is 6.52. The molecule has 7 heteroatoms. The molecule has 0 aliphatic heterocycles. The van der Waals surface area contributed by atoms with Crippen LogP contribution in [0.4, 0.5) is 4.39 Å². The van der Waals surface area contributed by atoms with Gasteiger partial charge in [0, 0.05) is 12.6 Å². The Balaban J connectivity index is 2.15. The Labute approximate surface area is 151 Å². The van der Waals surface area contributed by atoms with Gasteiger partial charge in [0.15, 0.2) is 11.0 Å². The van der Waals surface area contributed by atoms with Gasteiger partial charge < -0.3 is 5.32 Å². The summed E-state index contributed by atoms with van der Waals surface area (Å²) in [5, 5.41) is 11.7. The lowest BCUT2D eigenvalue weighted by molar-refractivity contribution is -0.119. The number of thioether (sulfide) groups is 1. The number of nitrogens with one attached hydrogen (secondary N) is 1. The summed E-state index contributed by atoms with van der Waals surface area (Å²) in [7, 11) is 0. The summed E-state index contributed by atoms with van der Waals surface area (Å²) >= 11 is 1.28. The van der Waals surface area contributed by atoms with E-state index in [-0.39, 0.29) is 23.5 Å². The van der Waals surface area contributed by atoms with Crippen molar-refractivity contribution >= 4 is 17.7 Å². The van der Waals surface area contributed by atoms with Crippen LogP contribution in [-0.4, -0.2) is 32.5 Å². The molecule has 1 aromatic carbocycles. The van der Waals surface area contributed by atoms with Crippen LogP contribution in [-0.2, 0) is 11.3 Å². The highest BCUT2D eigenvalue weighted by Gasteiger charge is 2.18. The van der Waals surface area contributed by atoms with Gasteiger partial charge in [-0.15, -0.1) is 16.8 Å². The molecule has 0 bridgehead atoms. The molecule has 1 atom stereocenters. The van der Waals surface area contributed by atoms with Crippen LogP contribution in [0.5, 0.6) is 0 Å². The normalized spacial score (nSPS) is 12.2. The van der Waals surface area contributed by atoms with Crippen molar-refractivity contribution < 1.29 is 9.18 Å². The highest BCUT2D eigenvalue weighted by Crippen LogP contribution is 2.25. The van der Waals surface area contributed by atoms with Crippen LogP contribution in [0.3, 0.4) is 0 Å². The van der Waals surface area contributed by atoms with Crippen LogP contribution in [0.25, 0.3) is 11.4 Å². The number of amides is 1. The molecule has 0 radical (unpaired) electrons. The van der Waals surface area contributed by atoms with E-state index in [2.05, 4.69) is 35.9 Å². The van der Waals surface area contributed by atoms with Crippen molar-refractivity contribution in [3.63, 3.8) is 0 Å². The second-order valence-corrected chi connectivity index (χ2v) is 7.02. The lowest BCUT2D eigenvalue weighted by Gasteiger charge is -2.17. The fourth-order valence-corrected chi connectivity index (χ4v) is 2.88. The third-order valence-electron chi connectivity index (χ3n) is 3.86. The summed E-state index contributed by atoms with van der Waals surface area (Å²) in [4.78, 5) is 12.1. The third-order valence-corrected chi connectivity index (χ3v) is 4.83. The van der Waals surface area contributed by atoms with E-state index < -0.39 is 0 Å². The number of rotatable bonds is 8. The van der Waals surface area contributed by atoms with Gasteiger partial charge in [0.2, 0.25) is 5.91 Å². The Kier molecular flexibility index (Phi) is 6.75. The molecule has 1 N–H and O–H groups in total. The van der Waals surface area contributed by atoms with Crippen LogP contribution < -0.4 is 5.32 Å². The summed E-state index contributed by atoms with van der Waals surface area (Å²) in [5.41, 5.74) is 0.376. The van der Waals surface area contributed by atoms with Gasteiger partial charge in [-0.2, -0.15) is 0 Å². The van der Waals surface area contributed by atoms with E-state index in [1.165, 1.54) is 17.8 Å². The van der Waals surface area contributed by atoms with Gasteiger partial charge in [-0.05, 0) is 25.0 Å². The zero-order chi connectivity index (χ0) is 18.4. The Hall–Kier alpha value is -2.15. The molecule has 2 aromatic rings. The quantitative estimate of drug-likeness (QED) is 0.576. The minimum absolute atomic E-state index is 0.0632. The van der Waals surface area contributed by atoms with Gasteiger partial charge in [-0.3, -0.25) is 9.36 Å². The maximum absolute atomic E-state index is 14.1. The third kappa shape index (κ3) is 4.92. The van der Waals surface area contributed by atoms with Crippen molar-refractivity contribution in [2.24, 2.45) is 5.92 Å². The molecule has 0 spiro atoms. The minimum Gasteiger partial charge on any atom is -0.353 e. The second kappa shape index (κ2) is 8.80. The highest BCUT2D eigenvalue weighted by atomic mass is 32.2. The Morgan fingerprint density at radius 1 is 1.36 bits per heavy atom. The second-order valence-electron chi connectivity index (χ2n) is 6.07. The first-order valence-corrected chi connectivity index (χ1v) is 9.13. The predicted molar refractivity (Wildman–Crippen MR) is 98.8 cm³/mol. The Morgan fingerprint density at radius 3 is 2.72 bits per heavy atom. The number of hydrogen-bond donors (Lipinski definition) is 1. The van der Waals surface area contributed by atoms with Gasteiger partial charge in [0.25, 0.3) is 0 Å². The molecular formula is C18H23FN4OS. The number of nitrogens with zero attached hydrogens (tertiary/aromatic N) is 3. The molecule has 1 heterocycles. The molecule has 134 valence electrons. The average molecular weight is 362 g/mol. The molecule has 0 fully saturated rings. The molecule has 0 saturated carbocycles. The van der Waals surface area contributed by atoms with Crippen LogP contribution in [0.1, 0.15) is 20.8 Å². The summed E-state index contributed by atoms with van der Waals surface area (Å²) in [5.74, 6) is 0.596. The molecule has 0 saturated heterocycles.